The highest BCUT2D eigenvalue weighted by Crippen LogP contribution is 2.25. The number of ether oxygens (including phenoxy) is 1. The van der Waals surface area contributed by atoms with Crippen LogP contribution < -0.4 is 10.1 Å². The summed E-state index contributed by atoms with van der Waals surface area (Å²) in [5.41, 5.74) is 2.00. The predicted molar refractivity (Wildman–Crippen MR) is 102 cm³/mol. The van der Waals surface area contributed by atoms with Gasteiger partial charge in [0.1, 0.15) is 5.75 Å². The van der Waals surface area contributed by atoms with E-state index in [-0.39, 0.29) is 0 Å². The Hall–Kier alpha value is -1.95. The van der Waals surface area contributed by atoms with Crippen LogP contribution >= 0.6 is 11.8 Å². The van der Waals surface area contributed by atoms with Gasteiger partial charge in [-0.25, -0.2) is 0 Å². The van der Waals surface area contributed by atoms with Crippen molar-refractivity contribution in [2.24, 2.45) is 4.99 Å². The minimum Gasteiger partial charge on any atom is -0.497 e. The summed E-state index contributed by atoms with van der Waals surface area (Å²) < 4.78 is 5.28. The van der Waals surface area contributed by atoms with E-state index in [1.165, 1.54) is 32.1 Å². The Labute approximate surface area is 147 Å². The van der Waals surface area contributed by atoms with Crippen molar-refractivity contribution in [3.63, 3.8) is 0 Å². The van der Waals surface area contributed by atoms with Gasteiger partial charge in [-0.3, -0.25) is 10.1 Å². The number of methoxy groups -OCH3 is 1. The van der Waals surface area contributed by atoms with Crippen LogP contribution in [0, 0.1) is 0 Å². The summed E-state index contributed by atoms with van der Waals surface area (Å²) in [6, 6.07) is 10.4. The van der Waals surface area contributed by atoms with E-state index in [0.717, 1.165) is 28.0 Å². The molecule has 1 heterocycles. The average Bonchev–Trinajstić information content (AvgIpc) is 3.10. The number of rotatable bonds is 4. The molecule has 3 rings (SSSR count). The van der Waals surface area contributed by atoms with E-state index >= 15 is 0 Å². The molecule has 128 valence electrons. The molecule has 2 aromatic rings. The van der Waals surface area contributed by atoms with E-state index in [4.69, 9.17) is 9.73 Å². The number of nitrogens with one attached hydrogen (secondary N) is 2. The highest BCUT2D eigenvalue weighted by molar-refractivity contribution is 8.13. The Balaban J connectivity index is 1.71. The van der Waals surface area contributed by atoms with Gasteiger partial charge in [-0.05, 0) is 31.2 Å². The molecule has 1 aromatic heterocycles. The molecule has 0 atom stereocenters. The molecule has 1 fully saturated rings. The molecule has 24 heavy (non-hydrogen) atoms. The number of hydrogen-bond donors (Lipinski definition) is 2. The SMILES string of the molecule is COc1cccc(-c2cc(NC(=NC3CCCCC3)SC)n[nH]2)c1. The number of aromatic amines is 1. The molecule has 1 aliphatic rings. The molecule has 0 aliphatic heterocycles. The van der Waals surface area contributed by atoms with Crippen molar-refractivity contribution in [1.82, 2.24) is 10.2 Å². The normalized spacial score (nSPS) is 16.2. The molecule has 0 spiro atoms. The first-order chi connectivity index (χ1) is 11.8. The highest BCUT2D eigenvalue weighted by atomic mass is 32.2. The van der Waals surface area contributed by atoms with E-state index in [0.29, 0.717) is 6.04 Å². The van der Waals surface area contributed by atoms with Gasteiger partial charge in [0.2, 0.25) is 0 Å². The molecule has 5 nitrogen and oxygen atoms in total. The molecule has 1 aliphatic carbocycles. The molecule has 0 radical (unpaired) electrons. The summed E-state index contributed by atoms with van der Waals surface area (Å²) in [5, 5.41) is 11.7. The number of hydrogen-bond acceptors (Lipinski definition) is 4. The van der Waals surface area contributed by atoms with Crippen LogP contribution in [0.15, 0.2) is 35.3 Å². The second-order valence-electron chi connectivity index (χ2n) is 5.95. The third-order valence-electron chi connectivity index (χ3n) is 4.26. The van der Waals surface area contributed by atoms with Gasteiger partial charge in [-0.2, -0.15) is 5.10 Å². The first-order valence-electron chi connectivity index (χ1n) is 8.37. The number of thioether (sulfide) groups is 1. The molecule has 6 heteroatoms. The molecular weight excluding hydrogens is 320 g/mol. The van der Waals surface area contributed by atoms with E-state index in [1.54, 1.807) is 18.9 Å². The van der Waals surface area contributed by atoms with Crippen molar-refractivity contribution in [2.45, 2.75) is 38.1 Å². The Bertz CT molecular complexity index is 692. The topological polar surface area (TPSA) is 62.3 Å². The molecule has 2 N–H and O–H groups in total. The minimum atomic E-state index is 0.450. The molecule has 1 saturated carbocycles. The van der Waals surface area contributed by atoms with E-state index in [1.807, 2.05) is 36.6 Å². The van der Waals surface area contributed by atoms with Crippen LogP contribution in [0.25, 0.3) is 11.3 Å². The summed E-state index contributed by atoms with van der Waals surface area (Å²) in [6.45, 7) is 0. The first-order valence-corrected chi connectivity index (χ1v) is 9.59. The highest BCUT2D eigenvalue weighted by Gasteiger charge is 2.14. The van der Waals surface area contributed by atoms with E-state index in [9.17, 15) is 0 Å². The van der Waals surface area contributed by atoms with Gasteiger partial charge in [-0.15, -0.1) is 0 Å². The number of anilines is 1. The van der Waals surface area contributed by atoms with Crippen molar-refractivity contribution in [1.29, 1.82) is 0 Å². The maximum Gasteiger partial charge on any atom is 0.162 e. The molecule has 0 saturated heterocycles. The zero-order valence-corrected chi connectivity index (χ0v) is 15.0. The maximum atomic E-state index is 5.28. The first kappa shape index (κ1) is 16.9. The van der Waals surface area contributed by atoms with Gasteiger partial charge in [0.05, 0.1) is 18.8 Å². The van der Waals surface area contributed by atoms with Crippen LogP contribution in [0.3, 0.4) is 0 Å². The number of H-pyrrole nitrogens is 1. The Kier molecular flexibility index (Phi) is 5.80. The smallest absolute Gasteiger partial charge is 0.162 e. The number of aromatic nitrogens is 2. The van der Waals surface area contributed by atoms with Gasteiger partial charge in [-0.1, -0.05) is 43.2 Å². The van der Waals surface area contributed by atoms with Crippen molar-refractivity contribution < 1.29 is 4.74 Å². The fraction of sp³-hybridized carbons (Fsp3) is 0.444. The largest absolute Gasteiger partial charge is 0.497 e. The van der Waals surface area contributed by atoms with Gasteiger partial charge in [0.25, 0.3) is 0 Å². The lowest BCUT2D eigenvalue weighted by Gasteiger charge is -2.18. The zero-order valence-electron chi connectivity index (χ0n) is 14.2. The second kappa shape index (κ2) is 8.24. The lowest BCUT2D eigenvalue weighted by atomic mass is 9.96. The average molecular weight is 344 g/mol. The monoisotopic (exact) mass is 344 g/mol. The van der Waals surface area contributed by atoms with Crippen molar-refractivity contribution in [2.75, 3.05) is 18.7 Å². The third-order valence-corrected chi connectivity index (χ3v) is 4.86. The van der Waals surface area contributed by atoms with Crippen molar-refractivity contribution >= 4 is 22.7 Å². The van der Waals surface area contributed by atoms with Crippen LogP contribution in [0.2, 0.25) is 0 Å². The maximum absolute atomic E-state index is 5.28. The summed E-state index contributed by atoms with van der Waals surface area (Å²) in [5.74, 6) is 1.62. The summed E-state index contributed by atoms with van der Waals surface area (Å²) in [6.07, 6.45) is 8.36. The van der Waals surface area contributed by atoms with Crippen LogP contribution in [-0.2, 0) is 0 Å². The lowest BCUT2D eigenvalue weighted by Crippen LogP contribution is -2.16. The quantitative estimate of drug-likeness (QED) is 0.631. The Morgan fingerprint density at radius 3 is 2.88 bits per heavy atom. The summed E-state index contributed by atoms with van der Waals surface area (Å²) in [4.78, 5) is 4.85. The van der Waals surface area contributed by atoms with E-state index < -0.39 is 0 Å². The van der Waals surface area contributed by atoms with Crippen molar-refractivity contribution in [3.8, 4) is 17.0 Å². The number of nitrogens with zero attached hydrogens (tertiary/aromatic N) is 2. The van der Waals surface area contributed by atoms with Gasteiger partial charge >= 0.3 is 0 Å². The third kappa shape index (κ3) is 4.32. The zero-order chi connectivity index (χ0) is 16.8. The summed E-state index contributed by atoms with van der Waals surface area (Å²) >= 11 is 1.63. The second-order valence-corrected chi connectivity index (χ2v) is 6.75. The fourth-order valence-corrected chi connectivity index (χ4v) is 3.41. The predicted octanol–water partition coefficient (Wildman–Crippen LogP) is 4.55. The van der Waals surface area contributed by atoms with Crippen LogP contribution in [0.4, 0.5) is 5.82 Å². The lowest BCUT2D eigenvalue weighted by molar-refractivity contribution is 0.415. The molecular formula is C18H24N4OS. The van der Waals surface area contributed by atoms with Gasteiger partial charge in [0.15, 0.2) is 11.0 Å². The van der Waals surface area contributed by atoms with Gasteiger partial charge < -0.3 is 10.1 Å². The van der Waals surface area contributed by atoms with Crippen LogP contribution in [0.1, 0.15) is 32.1 Å². The van der Waals surface area contributed by atoms with E-state index in [2.05, 4.69) is 15.5 Å². The van der Waals surface area contributed by atoms with Crippen LogP contribution in [0.5, 0.6) is 5.75 Å². The van der Waals surface area contributed by atoms with Crippen molar-refractivity contribution in [3.05, 3.63) is 30.3 Å². The van der Waals surface area contributed by atoms with Crippen LogP contribution in [-0.4, -0.2) is 34.8 Å². The minimum absolute atomic E-state index is 0.450. The standard InChI is InChI=1S/C18H24N4OS/c1-23-15-10-6-7-13(11-15)16-12-17(22-21-16)20-18(24-2)19-14-8-4-3-5-9-14/h6-7,10-12,14H,3-5,8-9H2,1-2H3,(H2,19,20,21,22). The number of benzene rings is 1. The number of aliphatic imine (C=N–C) groups is 1. The molecule has 0 amide bonds. The molecule has 1 aromatic carbocycles. The molecule has 0 unspecified atom stereocenters. The van der Waals surface area contributed by atoms with Gasteiger partial charge in [0, 0.05) is 11.6 Å². The Morgan fingerprint density at radius 2 is 2.12 bits per heavy atom. The summed E-state index contributed by atoms with van der Waals surface area (Å²) in [7, 11) is 1.67. The molecule has 0 bridgehead atoms. The fourth-order valence-electron chi connectivity index (χ4n) is 2.95. The number of amidine groups is 1. The Morgan fingerprint density at radius 1 is 1.29 bits per heavy atom.